The monoisotopic (exact) mass is 333 g/mol. The lowest BCUT2D eigenvalue weighted by Crippen LogP contribution is -2.10. The quantitative estimate of drug-likeness (QED) is 0.672. The average Bonchev–Trinajstić information content (AvgIpc) is 3.00. The van der Waals surface area contributed by atoms with Gasteiger partial charge in [-0.2, -0.15) is 0 Å². The predicted octanol–water partition coefficient (Wildman–Crippen LogP) is 5.61. The van der Waals surface area contributed by atoms with Gasteiger partial charge < -0.3 is 5.32 Å². The summed E-state index contributed by atoms with van der Waals surface area (Å²) in [6, 6.07) is 15.1. The average molecular weight is 333 g/mol. The zero-order chi connectivity index (χ0) is 17.2. The Hall–Kier alpha value is -2.29. The molecule has 0 spiro atoms. The molecular formula is C22H27N3. The van der Waals surface area contributed by atoms with Crippen LogP contribution in [0.2, 0.25) is 0 Å². The molecule has 3 heteroatoms. The number of benzene rings is 1. The molecular weight excluding hydrogens is 306 g/mol. The number of hydrogen-bond donors (Lipinski definition) is 1. The summed E-state index contributed by atoms with van der Waals surface area (Å²) in [6.45, 7) is 5.17. The van der Waals surface area contributed by atoms with E-state index in [1.807, 2.05) is 0 Å². The molecule has 0 aliphatic heterocycles. The van der Waals surface area contributed by atoms with Crippen molar-refractivity contribution in [3.05, 3.63) is 65.0 Å². The highest BCUT2D eigenvalue weighted by Gasteiger charge is 2.24. The molecule has 130 valence electrons. The number of hydrogen-bond acceptors (Lipinski definition) is 2. The molecule has 4 rings (SSSR count). The highest BCUT2D eigenvalue weighted by Crippen LogP contribution is 2.37. The number of aromatic nitrogens is 2. The van der Waals surface area contributed by atoms with Crippen LogP contribution in [0.25, 0.3) is 5.65 Å². The topological polar surface area (TPSA) is 29.3 Å². The predicted molar refractivity (Wildman–Crippen MR) is 104 cm³/mol. The van der Waals surface area contributed by atoms with Crippen molar-refractivity contribution < 1.29 is 0 Å². The maximum Gasteiger partial charge on any atom is 0.139 e. The van der Waals surface area contributed by atoms with Crippen LogP contribution in [0.5, 0.6) is 0 Å². The van der Waals surface area contributed by atoms with Crippen LogP contribution in [0.15, 0.2) is 42.5 Å². The number of aryl methyl sites for hydroxylation is 2. The fraction of sp³-hybridized carbons (Fsp3) is 0.409. The highest BCUT2D eigenvalue weighted by molar-refractivity contribution is 5.59. The molecule has 1 saturated carbocycles. The second-order valence-corrected chi connectivity index (χ2v) is 7.39. The summed E-state index contributed by atoms with van der Waals surface area (Å²) in [5.41, 5.74) is 6.18. The summed E-state index contributed by atoms with van der Waals surface area (Å²) in [4.78, 5) is 5.07. The van der Waals surface area contributed by atoms with Gasteiger partial charge in [0.15, 0.2) is 0 Å². The van der Waals surface area contributed by atoms with E-state index in [2.05, 4.69) is 66.0 Å². The van der Waals surface area contributed by atoms with Crippen LogP contribution in [-0.4, -0.2) is 9.38 Å². The Labute approximate surface area is 150 Å². The molecule has 0 unspecified atom stereocenters. The minimum atomic E-state index is 0.589. The Morgan fingerprint density at radius 3 is 2.56 bits per heavy atom. The van der Waals surface area contributed by atoms with E-state index in [0.717, 1.165) is 12.2 Å². The fourth-order valence-corrected chi connectivity index (χ4v) is 4.16. The molecule has 1 aliphatic rings. The summed E-state index contributed by atoms with van der Waals surface area (Å²) in [6.07, 6.45) is 6.56. The van der Waals surface area contributed by atoms with Crippen molar-refractivity contribution in [3.8, 4) is 0 Å². The van der Waals surface area contributed by atoms with E-state index in [1.165, 1.54) is 60.4 Å². The van der Waals surface area contributed by atoms with Crippen molar-refractivity contribution >= 4 is 11.5 Å². The van der Waals surface area contributed by atoms with Gasteiger partial charge in [-0.05, 0) is 49.9 Å². The Balaban J connectivity index is 1.75. The third-order valence-electron chi connectivity index (χ3n) is 5.37. The van der Waals surface area contributed by atoms with Gasteiger partial charge in [-0.15, -0.1) is 0 Å². The van der Waals surface area contributed by atoms with E-state index in [9.17, 15) is 0 Å². The molecule has 3 nitrogen and oxygen atoms in total. The zero-order valence-electron chi connectivity index (χ0n) is 15.3. The smallest absolute Gasteiger partial charge is 0.139 e. The van der Waals surface area contributed by atoms with Crippen molar-refractivity contribution in [2.24, 2.45) is 0 Å². The maximum absolute atomic E-state index is 5.07. The largest absolute Gasteiger partial charge is 0.366 e. The van der Waals surface area contributed by atoms with Crippen LogP contribution in [0, 0.1) is 13.8 Å². The second-order valence-electron chi connectivity index (χ2n) is 7.39. The number of anilines is 1. The Kier molecular flexibility index (Phi) is 4.48. The molecule has 2 heterocycles. The van der Waals surface area contributed by atoms with Crippen molar-refractivity contribution in [1.29, 1.82) is 0 Å². The van der Waals surface area contributed by atoms with E-state index in [-0.39, 0.29) is 0 Å². The van der Waals surface area contributed by atoms with E-state index < -0.39 is 0 Å². The summed E-state index contributed by atoms with van der Waals surface area (Å²) >= 11 is 0. The van der Waals surface area contributed by atoms with E-state index in [0.29, 0.717) is 5.92 Å². The number of nitrogens with one attached hydrogen (secondary N) is 1. The number of imidazole rings is 1. The van der Waals surface area contributed by atoms with Crippen LogP contribution in [-0.2, 0) is 6.54 Å². The molecule has 0 radical (unpaired) electrons. The second kappa shape index (κ2) is 6.91. The van der Waals surface area contributed by atoms with Crippen LogP contribution >= 0.6 is 0 Å². The maximum atomic E-state index is 5.07. The molecule has 0 saturated heterocycles. The standard InChI is InChI=1S/C22H27N3/c1-16-13-17(2)25-20(14-16)24-21(19-11-7-4-8-12-19)22(25)23-15-18-9-5-3-6-10-18/h3,5-6,9-10,13-14,19,23H,4,7-8,11-12,15H2,1-2H3. The number of rotatable bonds is 4. The molecule has 1 fully saturated rings. The van der Waals surface area contributed by atoms with Gasteiger partial charge in [0.2, 0.25) is 0 Å². The molecule has 1 aromatic carbocycles. The first-order valence-electron chi connectivity index (χ1n) is 9.50. The minimum absolute atomic E-state index is 0.589. The van der Waals surface area contributed by atoms with Crippen molar-refractivity contribution in [2.75, 3.05) is 5.32 Å². The third kappa shape index (κ3) is 3.28. The Morgan fingerprint density at radius 1 is 1.04 bits per heavy atom. The first-order valence-corrected chi connectivity index (χ1v) is 9.50. The molecule has 0 bridgehead atoms. The zero-order valence-corrected chi connectivity index (χ0v) is 15.3. The van der Waals surface area contributed by atoms with Crippen LogP contribution < -0.4 is 5.32 Å². The lowest BCUT2D eigenvalue weighted by Gasteiger charge is -2.21. The van der Waals surface area contributed by atoms with Gasteiger partial charge in [-0.25, -0.2) is 4.98 Å². The lowest BCUT2D eigenvalue weighted by molar-refractivity contribution is 0.438. The van der Waals surface area contributed by atoms with E-state index >= 15 is 0 Å². The first-order chi connectivity index (χ1) is 12.2. The van der Waals surface area contributed by atoms with Crippen LogP contribution in [0.3, 0.4) is 0 Å². The SMILES string of the molecule is Cc1cc(C)n2c(NCc3ccccc3)c(C3CCCCC3)nc2c1. The molecule has 0 atom stereocenters. The number of fused-ring (bicyclic) bond motifs is 1. The number of pyridine rings is 1. The van der Waals surface area contributed by atoms with E-state index in [4.69, 9.17) is 4.98 Å². The third-order valence-corrected chi connectivity index (χ3v) is 5.37. The van der Waals surface area contributed by atoms with Gasteiger partial charge in [-0.1, -0.05) is 49.6 Å². The van der Waals surface area contributed by atoms with Gasteiger partial charge >= 0.3 is 0 Å². The molecule has 0 amide bonds. The normalized spacial score (nSPS) is 15.6. The molecule has 1 aliphatic carbocycles. The Morgan fingerprint density at radius 2 is 1.80 bits per heavy atom. The highest BCUT2D eigenvalue weighted by atomic mass is 15.1. The summed E-state index contributed by atoms with van der Waals surface area (Å²) in [5, 5.41) is 3.71. The van der Waals surface area contributed by atoms with Crippen molar-refractivity contribution in [1.82, 2.24) is 9.38 Å². The van der Waals surface area contributed by atoms with E-state index in [1.54, 1.807) is 0 Å². The fourth-order valence-electron chi connectivity index (χ4n) is 4.16. The van der Waals surface area contributed by atoms with Crippen LogP contribution in [0.4, 0.5) is 5.82 Å². The van der Waals surface area contributed by atoms with Gasteiger partial charge in [0.25, 0.3) is 0 Å². The summed E-state index contributed by atoms with van der Waals surface area (Å²) in [5.74, 6) is 1.79. The molecule has 2 aromatic heterocycles. The van der Waals surface area contributed by atoms with Gasteiger partial charge in [0.05, 0.1) is 5.69 Å². The van der Waals surface area contributed by atoms with Crippen molar-refractivity contribution in [2.45, 2.75) is 58.4 Å². The Bertz CT molecular complexity index is 858. The number of nitrogens with zero attached hydrogens (tertiary/aromatic N) is 2. The lowest BCUT2D eigenvalue weighted by atomic mass is 9.87. The van der Waals surface area contributed by atoms with Gasteiger partial charge in [-0.3, -0.25) is 4.40 Å². The molecule has 1 N–H and O–H groups in total. The van der Waals surface area contributed by atoms with Gasteiger partial charge in [0, 0.05) is 18.2 Å². The molecule has 25 heavy (non-hydrogen) atoms. The van der Waals surface area contributed by atoms with Gasteiger partial charge in [0.1, 0.15) is 11.5 Å². The minimum Gasteiger partial charge on any atom is -0.366 e. The van der Waals surface area contributed by atoms with Crippen LogP contribution in [0.1, 0.15) is 60.5 Å². The first kappa shape index (κ1) is 16.2. The summed E-state index contributed by atoms with van der Waals surface area (Å²) < 4.78 is 2.31. The molecule has 3 aromatic rings. The van der Waals surface area contributed by atoms with Crippen molar-refractivity contribution in [3.63, 3.8) is 0 Å². The summed E-state index contributed by atoms with van der Waals surface area (Å²) in [7, 11) is 0.